The van der Waals surface area contributed by atoms with Crippen molar-refractivity contribution in [2.45, 2.75) is 58.4 Å². The molecule has 0 aliphatic carbocycles. The summed E-state index contributed by atoms with van der Waals surface area (Å²) in [7, 11) is -3.07. The lowest BCUT2D eigenvalue weighted by molar-refractivity contribution is -0.150. The Bertz CT molecular complexity index is 1130. The van der Waals surface area contributed by atoms with Gasteiger partial charge in [-0.25, -0.2) is 9.52 Å². The molecule has 0 bridgehead atoms. The molecule has 3 N–H and O–H groups in total. The first-order chi connectivity index (χ1) is 17.9. The zero-order chi connectivity index (χ0) is 28.3. The number of hydrogen-bond donors (Lipinski definition) is 3. The van der Waals surface area contributed by atoms with Crippen LogP contribution in [-0.2, 0) is 37.5 Å². The van der Waals surface area contributed by atoms with E-state index >= 15 is 0 Å². The van der Waals surface area contributed by atoms with Crippen molar-refractivity contribution in [2.24, 2.45) is 5.92 Å². The lowest BCUT2D eigenvalue weighted by Crippen LogP contribution is -2.61. The number of esters is 1. The molecule has 0 aliphatic rings. The smallest absolute Gasteiger partial charge is 0.407 e. The van der Waals surface area contributed by atoms with Crippen molar-refractivity contribution in [1.82, 2.24) is 14.3 Å². The van der Waals surface area contributed by atoms with Crippen LogP contribution in [0.3, 0.4) is 0 Å². The number of amides is 1. The van der Waals surface area contributed by atoms with E-state index < -0.39 is 46.5 Å². The molecular weight excluding hydrogens is 510 g/mol. The number of ether oxygens (including phenoxy) is 2. The number of benzene rings is 2. The molecule has 2 aromatic carbocycles. The van der Waals surface area contributed by atoms with Crippen LogP contribution in [0.4, 0.5) is 4.79 Å². The lowest BCUT2D eigenvalue weighted by atomic mass is 9.99. The maximum absolute atomic E-state index is 13.3. The molecule has 0 fully saturated rings. The summed E-state index contributed by atoms with van der Waals surface area (Å²) < 4.78 is 40.1. The van der Waals surface area contributed by atoms with Crippen molar-refractivity contribution in [2.75, 3.05) is 20.2 Å². The van der Waals surface area contributed by atoms with E-state index in [1.807, 2.05) is 74.5 Å². The largest absolute Gasteiger partial charge is 0.468 e. The van der Waals surface area contributed by atoms with E-state index in [0.29, 0.717) is 0 Å². The van der Waals surface area contributed by atoms with Crippen LogP contribution in [0.2, 0.25) is 0 Å². The van der Waals surface area contributed by atoms with Gasteiger partial charge in [0.25, 0.3) is 10.2 Å². The highest BCUT2D eigenvalue weighted by atomic mass is 32.2. The van der Waals surface area contributed by atoms with Gasteiger partial charge in [-0.3, -0.25) is 4.79 Å². The van der Waals surface area contributed by atoms with Crippen molar-refractivity contribution < 1.29 is 32.6 Å². The standard InChI is InChI=1S/C27H39N3O7S/c1-20(2)17-28-38(34,35)30(27(3,4)25(32)36-5)18-24(31)23(16-21-12-8-6-9-13-21)29-26(33)37-19-22-14-10-7-11-15-22/h6-15,20,23-24,28,31H,16-19H2,1-5H3,(H,29,33)/t23-,24+/m0/s1. The van der Waals surface area contributed by atoms with Gasteiger partial charge in [0.2, 0.25) is 0 Å². The molecule has 2 atom stereocenters. The third-order valence-corrected chi connectivity index (χ3v) is 7.62. The van der Waals surface area contributed by atoms with Crippen LogP contribution >= 0.6 is 0 Å². The minimum Gasteiger partial charge on any atom is -0.468 e. The van der Waals surface area contributed by atoms with Crippen molar-refractivity contribution in [3.05, 3.63) is 71.8 Å². The average Bonchev–Trinajstić information content (AvgIpc) is 2.89. The predicted molar refractivity (Wildman–Crippen MR) is 144 cm³/mol. The van der Waals surface area contributed by atoms with Crippen molar-refractivity contribution in [3.8, 4) is 0 Å². The molecule has 0 spiro atoms. The molecule has 210 valence electrons. The molecule has 38 heavy (non-hydrogen) atoms. The van der Waals surface area contributed by atoms with Crippen LogP contribution in [0, 0.1) is 5.92 Å². The molecule has 11 heteroatoms. The number of rotatable bonds is 14. The second-order valence-corrected chi connectivity index (χ2v) is 11.6. The SMILES string of the molecule is COC(=O)C(C)(C)N(C[C@@H](O)[C@H](Cc1ccccc1)NC(=O)OCc1ccccc1)S(=O)(=O)NCC(C)C. The minimum absolute atomic E-state index is 0.00432. The molecule has 0 aromatic heterocycles. The highest BCUT2D eigenvalue weighted by Gasteiger charge is 2.45. The molecule has 0 aliphatic heterocycles. The topological polar surface area (TPSA) is 134 Å². The summed E-state index contributed by atoms with van der Waals surface area (Å²) in [5, 5.41) is 13.9. The molecule has 2 aromatic rings. The summed E-state index contributed by atoms with van der Waals surface area (Å²) in [4.78, 5) is 25.2. The van der Waals surface area contributed by atoms with Gasteiger partial charge in [-0.2, -0.15) is 12.7 Å². The number of methoxy groups -OCH3 is 1. The van der Waals surface area contributed by atoms with Gasteiger partial charge < -0.3 is 19.9 Å². The summed E-state index contributed by atoms with van der Waals surface area (Å²) in [6.07, 6.45) is -1.98. The fraction of sp³-hybridized carbons (Fsp3) is 0.481. The van der Waals surface area contributed by atoms with E-state index in [9.17, 15) is 23.1 Å². The van der Waals surface area contributed by atoms with E-state index in [4.69, 9.17) is 9.47 Å². The number of alkyl carbamates (subject to hydrolysis) is 1. The third kappa shape index (κ3) is 9.39. The summed E-state index contributed by atoms with van der Waals surface area (Å²) in [5.41, 5.74) is -0.0560. The highest BCUT2D eigenvalue weighted by molar-refractivity contribution is 7.87. The minimum atomic E-state index is -4.23. The second kappa shape index (κ2) is 14.2. The Morgan fingerprint density at radius 3 is 2.08 bits per heavy atom. The monoisotopic (exact) mass is 549 g/mol. The normalized spacial score (nSPS) is 13.7. The quantitative estimate of drug-likeness (QED) is 0.309. The maximum Gasteiger partial charge on any atom is 0.407 e. The molecule has 2 rings (SSSR count). The molecule has 0 unspecified atom stereocenters. The van der Waals surface area contributed by atoms with E-state index in [2.05, 4.69) is 10.0 Å². The molecule has 0 saturated heterocycles. The summed E-state index contributed by atoms with van der Waals surface area (Å²) in [6, 6.07) is 17.3. The van der Waals surface area contributed by atoms with Crippen LogP contribution in [0.5, 0.6) is 0 Å². The van der Waals surface area contributed by atoms with E-state index in [-0.39, 0.29) is 25.5 Å². The number of nitrogens with one attached hydrogen (secondary N) is 2. The molecule has 0 heterocycles. The van der Waals surface area contributed by atoms with Crippen LogP contribution in [0.1, 0.15) is 38.8 Å². The Balaban J connectivity index is 2.30. The molecule has 0 radical (unpaired) electrons. The summed E-state index contributed by atoms with van der Waals surface area (Å²) in [6.45, 7) is 6.13. The third-order valence-electron chi connectivity index (χ3n) is 5.90. The van der Waals surface area contributed by atoms with Gasteiger partial charge in [-0.15, -0.1) is 0 Å². The Kier molecular flexibility index (Phi) is 11.7. The first kappa shape index (κ1) is 31.2. The number of carbonyl (C=O) groups is 2. The summed E-state index contributed by atoms with van der Waals surface area (Å²) in [5.74, 6) is -0.792. The number of aliphatic hydroxyl groups excluding tert-OH is 1. The first-order valence-corrected chi connectivity index (χ1v) is 13.9. The zero-order valence-electron chi connectivity index (χ0n) is 22.6. The maximum atomic E-state index is 13.3. The van der Waals surface area contributed by atoms with Crippen LogP contribution in [0.25, 0.3) is 0 Å². The van der Waals surface area contributed by atoms with Gasteiger partial charge in [0.1, 0.15) is 12.1 Å². The molecule has 10 nitrogen and oxygen atoms in total. The van der Waals surface area contributed by atoms with Gasteiger partial charge >= 0.3 is 12.1 Å². The fourth-order valence-electron chi connectivity index (χ4n) is 3.69. The molecular formula is C27H39N3O7S. The summed E-state index contributed by atoms with van der Waals surface area (Å²) >= 11 is 0. The van der Waals surface area contributed by atoms with Crippen molar-refractivity contribution in [3.63, 3.8) is 0 Å². The average molecular weight is 550 g/mol. The predicted octanol–water partition coefficient (Wildman–Crippen LogP) is 2.63. The van der Waals surface area contributed by atoms with Gasteiger partial charge in [0, 0.05) is 13.1 Å². The highest BCUT2D eigenvalue weighted by Crippen LogP contribution is 2.22. The van der Waals surface area contributed by atoms with Crippen molar-refractivity contribution in [1.29, 1.82) is 0 Å². The first-order valence-electron chi connectivity index (χ1n) is 12.4. The van der Waals surface area contributed by atoms with Crippen LogP contribution < -0.4 is 10.0 Å². The van der Waals surface area contributed by atoms with Crippen LogP contribution in [0.15, 0.2) is 60.7 Å². The molecule has 1 amide bonds. The lowest BCUT2D eigenvalue weighted by Gasteiger charge is -2.37. The van der Waals surface area contributed by atoms with Gasteiger partial charge in [0.15, 0.2) is 0 Å². The second-order valence-electron chi connectivity index (χ2n) is 9.90. The Morgan fingerprint density at radius 1 is 1.00 bits per heavy atom. The number of nitrogens with zero attached hydrogens (tertiary/aromatic N) is 1. The van der Waals surface area contributed by atoms with Gasteiger partial charge in [-0.05, 0) is 37.3 Å². The number of carbonyl (C=O) groups excluding carboxylic acids is 2. The molecule has 0 saturated carbocycles. The van der Waals surface area contributed by atoms with Gasteiger partial charge in [0.05, 0.1) is 19.3 Å². The number of aliphatic hydroxyl groups is 1. The Labute approximate surface area is 225 Å². The number of β-amino-alcohol motifs (C(OH)–C–C–N with tert-alkyl or cyclic N) is 1. The van der Waals surface area contributed by atoms with E-state index in [0.717, 1.165) is 22.5 Å². The number of hydrogen-bond acceptors (Lipinski definition) is 7. The van der Waals surface area contributed by atoms with Crippen LogP contribution in [-0.4, -0.2) is 67.8 Å². The zero-order valence-corrected chi connectivity index (χ0v) is 23.4. The fourth-order valence-corrected chi connectivity index (χ4v) is 5.42. The van der Waals surface area contributed by atoms with Crippen molar-refractivity contribution >= 4 is 22.3 Å². The van der Waals surface area contributed by atoms with E-state index in [1.54, 1.807) is 0 Å². The Morgan fingerprint density at radius 2 is 1.55 bits per heavy atom. The van der Waals surface area contributed by atoms with Gasteiger partial charge in [-0.1, -0.05) is 74.5 Å². The van der Waals surface area contributed by atoms with E-state index in [1.165, 1.54) is 13.8 Å². The Hall–Kier alpha value is -2.99.